The first-order chi connectivity index (χ1) is 13.5. The van der Waals surface area contributed by atoms with E-state index in [1.165, 1.54) is 16.7 Å². The molecule has 1 atom stereocenters. The highest BCUT2D eigenvalue weighted by Crippen LogP contribution is 2.27. The average Bonchev–Trinajstić information content (AvgIpc) is 2.70. The molecule has 2 nitrogen and oxygen atoms in total. The zero-order chi connectivity index (χ0) is 20.9. The largest absolute Gasteiger partial charge is 0.302 e. The van der Waals surface area contributed by atoms with Crippen LogP contribution in [-0.4, -0.2) is 13.3 Å². The zero-order valence-corrected chi connectivity index (χ0v) is 17.8. The van der Waals surface area contributed by atoms with Gasteiger partial charge in [0.15, 0.2) is 0 Å². The minimum Gasteiger partial charge on any atom is -0.302 e. The van der Waals surface area contributed by atoms with E-state index >= 15 is 0 Å². The first kappa shape index (κ1) is 23.3. The molecule has 0 aliphatic rings. The second-order valence-electron chi connectivity index (χ2n) is 6.87. The third-order valence-electron chi connectivity index (χ3n) is 4.57. The lowest BCUT2D eigenvalue weighted by molar-refractivity contribution is 0.603. The predicted molar refractivity (Wildman–Crippen MR) is 127 cm³/mol. The molecule has 2 heteroatoms. The van der Waals surface area contributed by atoms with Gasteiger partial charge in [-0.05, 0) is 49.8 Å². The summed E-state index contributed by atoms with van der Waals surface area (Å²) in [6.07, 6.45) is 13.9. The van der Waals surface area contributed by atoms with Crippen LogP contribution in [0.25, 0.3) is 5.70 Å². The van der Waals surface area contributed by atoms with Gasteiger partial charge in [-0.1, -0.05) is 87.2 Å². The van der Waals surface area contributed by atoms with Crippen LogP contribution in [0.1, 0.15) is 44.9 Å². The average molecular weight is 375 g/mol. The number of hydrogen-bond donors (Lipinski definition) is 1. The molecule has 0 fully saturated rings. The zero-order valence-electron chi connectivity index (χ0n) is 17.8. The Hall–Kier alpha value is -2.71. The summed E-state index contributed by atoms with van der Waals surface area (Å²) < 4.78 is 0. The molecule has 1 N–H and O–H groups in total. The van der Waals surface area contributed by atoms with Crippen LogP contribution in [-0.2, 0) is 0 Å². The van der Waals surface area contributed by atoms with E-state index in [2.05, 4.69) is 87.4 Å². The Morgan fingerprint density at radius 2 is 1.96 bits per heavy atom. The second-order valence-corrected chi connectivity index (χ2v) is 6.87. The first-order valence-electron chi connectivity index (χ1n) is 9.74. The molecule has 28 heavy (non-hydrogen) atoms. The maximum Gasteiger partial charge on any atom is 0.0694 e. The smallest absolute Gasteiger partial charge is 0.0694 e. The molecule has 148 valence electrons. The van der Waals surface area contributed by atoms with Gasteiger partial charge in [0.05, 0.1) is 11.7 Å². The Bertz CT molecular complexity index is 788. The molecular weight excluding hydrogens is 340 g/mol. The molecular formula is C26H34N2. The van der Waals surface area contributed by atoms with Crippen LogP contribution in [0.4, 0.5) is 0 Å². The molecule has 0 heterocycles. The molecule has 1 aromatic rings. The fraction of sp³-hybridized carbons (Fsp3) is 0.269. The van der Waals surface area contributed by atoms with Crippen LogP contribution < -0.4 is 5.32 Å². The monoisotopic (exact) mass is 374 g/mol. The third-order valence-corrected chi connectivity index (χ3v) is 4.57. The lowest BCUT2D eigenvalue weighted by Gasteiger charge is -2.23. The number of nitrogens with zero attached hydrogens (tertiary/aromatic N) is 1. The molecule has 0 aliphatic carbocycles. The molecule has 1 unspecified atom stereocenters. The van der Waals surface area contributed by atoms with Crippen LogP contribution in [0.2, 0.25) is 0 Å². The molecule has 0 bridgehead atoms. The fourth-order valence-electron chi connectivity index (χ4n) is 2.71. The maximum atomic E-state index is 4.20. The number of allylic oxidation sites excluding steroid dienone is 6. The van der Waals surface area contributed by atoms with Gasteiger partial charge < -0.3 is 5.32 Å². The lowest BCUT2D eigenvalue weighted by Crippen LogP contribution is -2.26. The highest BCUT2D eigenvalue weighted by atomic mass is 14.9. The van der Waals surface area contributed by atoms with Crippen LogP contribution in [0.3, 0.4) is 0 Å². The predicted octanol–water partition coefficient (Wildman–Crippen LogP) is 6.84. The van der Waals surface area contributed by atoms with Gasteiger partial charge in [-0.25, -0.2) is 0 Å². The summed E-state index contributed by atoms with van der Waals surface area (Å²) in [6, 6.07) is 8.48. The number of aliphatic imine (C=N–C) groups is 1. The topological polar surface area (TPSA) is 24.4 Å². The van der Waals surface area contributed by atoms with E-state index in [0.29, 0.717) is 5.92 Å². The summed E-state index contributed by atoms with van der Waals surface area (Å²) in [7, 11) is 0. The van der Waals surface area contributed by atoms with Gasteiger partial charge >= 0.3 is 0 Å². The van der Waals surface area contributed by atoms with E-state index in [0.717, 1.165) is 17.8 Å². The molecule has 1 aromatic carbocycles. The van der Waals surface area contributed by atoms with Gasteiger partial charge in [-0.3, -0.25) is 4.99 Å². The molecule has 0 saturated heterocycles. The van der Waals surface area contributed by atoms with Crippen molar-refractivity contribution in [1.29, 1.82) is 0 Å². The Morgan fingerprint density at radius 1 is 1.21 bits per heavy atom. The van der Waals surface area contributed by atoms with E-state index in [4.69, 9.17) is 0 Å². The lowest BCUT2D eigenvalue weighted by atomic mass is 9.94. The van der Waals surface area contributed by atoms with E-state index in [1.807, 2.05) is 31.2 Å². The van der Waals surface area contributed by atoms with Crippen LogP contribution in [0.5, 0.6) is 0 Å². The van der Waals surface area contributed by atoms with E-state index in [1.54, 1.807) is 6.08 Å². The normalized spacial score (nSPS) is 14.0. The second kappa shape index (κ2) is 12.6. The molecule has 0 amide bonds. The maximum absolute atomic E-state index is 4.20. The van der Waals surface area contributed by atoms with E-state index in [9.17, 15) is 0 Å². The Morgan fingerprint density at radius 3 is 2.54 bits per heavy atom. The summed E-state index contributed by atoms with van der Waals surface area (Å²) in [5.41, 5.74) is 5.44. The molecule has 0 aliphatic heterocycles. The highest BCUT2D eigenvalue weighted by molar-refractivity contribution is 5.69. The van der Waals surface area contributed by atoms with E-state index in [-0.39, 0.29) is 6.04 Å². The quantitative estimate of drug-likeness (QED) is 0.256. The van der Waals surface area contributed by atoms with Crippen molar-refractivity contribution in [3.8, 4) is 0 Å². The van der Waals surface area contributed by atoms with Crippen molar-refractivity contribution in [2.45, 2.75) is 33.7 Å². The van der Waals surface area contributed by atoms with Crippen molar-refractivity contribution in [1.82, 2.24) is 5.32 Å². The molecule has 0 saturated carbocycles. The minimum atomic E-state index is 0.0458. The number of nitrogens with one attached hydrogen (secondary N) is 1. The summed E-state index contributed by atoms with van der Waals surface area (Å²) in [4.78, 5) is 4.19. The van der Waals surface area contributed by atoms with Gasteiger partial charge in [0, 0.05) is 12.1 Å². The first-order valence-corrected chi connectivity index (χ1v) is 9.74. The Balaban J connectivity index is 3.34. The molecule has 0 aromatic heterocycles. The summed E-state index contributed by atoms with van der Waals surface area (Å²) in [6.45, 7) is 20.9. The van der Waals surface area contributed by atoms with Crippen LogP contribution in [0, 0.1) is 5.92 Å². The van der Waals surface area contributed by atoms with Crippen molar-refractivity contribution in [3.63, 3.8) is 0 Å². The van der Waals surface area contributed by atoms with E-state index < -0.39 is 0 Å². The van der Waals surface area contributed by atoms with Crippen LogP contribution in [0.15, 0.2) is 96.1 Å². The van der Waals surface area contributed by atoms with Gasteiger partial charge in [0.25, 0.3) is 0 Å². The van der Waals surface area contributed by atoms with Gasteiger partial charge in [0.1, 0.15) is 0 Å². The van der Waals surface area contributed by atoms with Crippen molar-refractivity contribution < 1.29 is 0 Å². The number of rotatable bonds is 11. The van der Waals surface area contributed by atoms with Crippen molar-refractivity contribution in [3.05, 3.63) is 102 Å². The van der Waals surface area contributed by atoms with Crippen molar-refractivity contribution in [2.24, 2.45) is 10.9 Å². The molecule has 1 rings (SSSR count). The fourth-order valence-corrected chi connectivity index (χ4v) is 2.71. The minimum absolute atomic E-state index is 0.0458. The molecule has 0 spiro atoms. The van der Waals surface area contributed by atoms with Gasteiger partial charge in [0.2, 0.25) is 0 Å². The number of benzene rings is 1. The summed E-state index contributed by atoms with van der Waals surface area (Å²) >= 11 is 0. The Kier molecular flexibility index (Phi) is 10.5. The summed E-state index contributed by atoms with van der Waals surface area (Å²) in [5.74, 6) is 0.442. The third kappa shape index (κ3) is 7.13. The Labute approximate surface area is 171 Å². The van der Waals surface area contributed by atoms with Crippen LogP contribution >= 0.6 is 0 Å². The van der Waals surface area contributed by atoms with Crippen molar-refractivity contribution >= 4 is 12.4 Å². The molecule has 0 radical (unpaired) electrons. The summed E-state index contributed by atoms with van der Waals surface area (Å²) in [5, 5.41) is 3.67. The standard InChI is InChI=1S/C26H34N2/c1-8-11-14-22(10-3)26(28-19-21(6)20(4)5)24-16-13-15-23(18-24)25(27-7)17-12-9-2/h8-18,20,26,28H,1,6-7,19H2,2-5H3/b12-9-,14-11-,22-10+,25-17-. The van der Waals surface area contributed by atoms with Crippen molar-refractivity contribution in [2.75, 3.05) is 6.54 Å². The van der Waals surface area contributed by atoms with Gasteiger partial charge in [-0.15, -0.1) is 0 Å². The van der Waals surface area contributed by atoms with Gasteiger partial charge in [-0.2, -0.15) is 0 Å². The number of hydrogen-bond acceptors (Lipinski definition) is 2. The SMILES string of the molecule is C=C/C=C\C(=C/C)C(NCC(=C)C(C)C)c1cccc(/C(=C/C=C\C)N=C)c1. The highest BCUT2D eigenvalue weighted by Gasteiger charge is 2.16.